The van der Waals surface area contributed by atoms with Crippen molar-refractivity contribution in [3.05, 3.63) is 91.0 Å². The number of carbonyl (C=O) groups is 2. The van der Waals surface area contributed by atoms with Crippen LogP contribution >= 0.6 is 7.26 Å². The monoisotopic (exact) mass is 1090 g/mol. The van der Waals surface area contributed by atoms with Gasteiger partial charge in [0, 0.05) is 25.5 Å². The van der Waals surface area contributed by atoms with Gasteiger partial charge in [0.1, 0.15) is 12.2 Å². The zero-order chi connectivity index (χ0) is 56.6. The molecule has 432 valence electrons. The first-order valence-electron chi connectivity index (χ1n) is 28.7. The summed E-state index contributed by atoms with van der Waals surface area (Å²) in [4.78, 5) is 33.2. The molecule has 0 aliphatic carbocycles. The molecule has 14 nitrogen and oxygen atoms in total. The molecule has 18 atom stereocenters. The van der Waals surface area contributed by atoms with E-state index in [4.69, 9.17) is 23.7 Å². The van der Waals surface area contributed by atoms with Crippen LogP contribution in [0.3, 0.4) is 0 Å². The van der Waals surface area contributed by atoms with Gasteiger partial charge in [0.15, 0.2) is 6.29 Å². The predicted molar refractivity (Wildman–Crippen MR) is 306 cm³/mol. The molecule has 3 aliphatic heterocycles. The van der Waals surface area contributed by atoms with E-state index in [9.17, 15) is 35.1 Å². The molecule has 3 aliphatic rings. The van der Waals surface area contributed by atoms with Crippen molar-refractivity contribution in [3.8, 4) is 0 Å². The molecule has 3 aromatic rings. The normalized spacial score (nSPS) is 37.4. The van der Waals surface area contributed by atoms with Gasteiger partial charge in [0.2, 0.25) is 0 Å². The average Bonchev–Trinajstić information content (AvgIpc) is 3.43. The van der Waals surface area contributed by atoms with E-state index in [2.05, 4.69) is 91.0 Å². The molecule has 0 saturated carbocycles. The first-order valence-corrected chi connectivity index (χ1v) is 30.9. The quantitative estimate of drug-likeness (QED) is 0.0577. The van der Waals surface area contributed by atoms with Crippen molar-refractivity contribution >= 4 is 35.1 Å². The molecule has 3 aromatic carbocycles. The number of esters is 1. The molecule has 0 spiro atoms. The first kappa shape index (κ1) is 62.8. The molecule has 77 heavy (non-hydrogen) atoms. The average molecular weight is 1090 g/mol. The van der Waals surface area contributed by atoms with Crippen LogP contribution in [-0.2, 0) is 33.3 Å². The number of rotatable bonds is 16. The Balaban J connectivity index is 1.31. The van der Waals surface area contributed by atoms with E-state index in [0.29, 0.717) is 12.8 Å². The number of aliphatic hydroxyl groups excluding tert-OH is 3. The van der Waals surface area contributed by atoms with E-state index in [1.807, 2.05) is 39.8 Å². The Hall–Kier alpha value is -3.37. The minimum absolute atomic E-state index is 0.0932. The Morgan fingerprint density at radius 3 is 1.84 bits per heavy atom. The van der Waals surface area contributed by atoms with E-state index < -0.39 is 109 Å². The molecule has 3 heterocycles. The van der Waals surface area contributed by atoms with Crippen LogP contribution in [0.5, 0.6) is 0 Å². The second-order valence-corrected chi connectivity index (χ2v) is 28.3. The van der Waals surface area contributed by atoms with E-state index in [1.54, 1.807) is 46.4 Å². The fourth-order valence-electron chi connectivity index (χ4n) is 13.7. The van der Waals surface area contributed by atoms with Crippen molar-refractivity contribution in [2.24, 2.45) is 23.7 Å². The van der Waals surface area contributed by atoms with Gasteiger partial charge in [0.05, 0.1) is 35.9 Å². The molecule has 3 fully saturated rings. The van der Waals surface area contributed by atoms with Crippen LogP contribution < -0.4 is 15.9 Å². The van der Waals surface area contributed by atoms with Gasteiger partial charge >= 0.3 is 253 Å². The van der Waals surface area contributed by atoms with Crippen LogP contribution in [-0.4, -0.2) is 165 Å². The number of amides is 1. The van der Waals surface area contributed by atoms with Crippen molar-refractivity contribution in [1.82, 2.24) is 9.80 Å². The number of nitrogens with zero attached hydrogens (tertiary/aromatic N) is 2. The molecule has 6 rings (SSSR count). The zero-order valence-electron chi connectivity index (χ0n) is 48.6. The summed E-state index contributed by atoms with van der Waals surface area (Å²) in [6, 6.07) is 31.4. The third kappa shape index (κ3) is 14.2. The number of aliphatic hydroxyl groups is 5. The van der Waals surface area contributed by atoms with Gasteiger partial charge in [-0.2, -0.15) is 0 Å². The molecular weight excluding hydrogens is 996 g/mol. The number of ether oxygens (including phenoxy) is 5. The number of methoxy groups -OCH3 is 1. The standard InChI is InChI=1S/C62H97N2O12P/c1-14-51-62(10,71)55(67)44(6)64(52(65)34-26-15-16-27-35-77(46-28-20-17-21-29-46,47-30-22-18-23-31-47)48-32-24-19-25-33-48)39-40(2)37-60(8,70)57(76-59-54(66)49(63(11)12)36-41(3)73-59)42(4)53(43(5)58(69)75-51)50-38-61(9,72-13)56(68)45(7)74-50/h17-25,28-33,40-45,49-51,53-57,59,66-68,70-71,77H,14-16,26-27,34-39H2,1-13H3/t40-,41-,42+,43-,44-,45+,49+,50-,51-,53?,54-,55-,56+,57-,59+,60-,61-,62-/m1/s1. The van der Waals surface area contributed by atoms with Crippen molar-refractivity contribution in [2.45, 2.75) is 211 Å². The summed E-state index contributed by atoms with van der Waals surface area (Å²) < 4.78 is 32.2. The van der Waals surface area contributed by atoms with Crippen LogP contribution in [0.4, 0.5) is 0 Å². The van der Waals surface area contributed by atoms with Crippen LogP contribution in [0.2, 0.25) is 0 Å². The Labute approximate surface area is 461 Å². The fraction of sp³-hybridized carbons (Fsp3) is 0.677. The Bertz CT molecular complexity index is 2200. The number of hydrogen-bond donors (Lipinski definition) is 5. The van der Waals surface area contributed by atoms with Crippen molar-refractivity contribution in [2.75, 3.05) is 33.9 Å². The summed E-state index contributed by atoms with van der Waals surface area (Å²) in [5.41, 5.74) is -4.76. The SMILES string of the molecule is CC[C@H]1OC(=O)[C@H](C)C([C@H]2C[C@@](C)(OC)[C@@H](O)[C@H](C)O2)[C@H](C)[C@@H](O[C@@H]2O[C@H](C)C[C@H](N(C)C)[C@H]2O)[C@](C)(O)C[C@@H](C)CN(C(=O)CCCCCC[PH](c2ccccc2)(c2ccccc2)c2ccccc2)[C@H](C)[C@@H](O)[C@]1(C)O. The van der Waals surface area contributed by atoms with Gasteiger partial charge in [-0.1, -0.05) is 20.8 Å². The Morgan fingerprint density at radius 2 is 1.32 bits per heavy atom. The number of carbonyl (C=O) groups excluding carboxylic acids is 2. The van der Waals surface area contributed by atoms with Gasteiger partial charge in [-0.15, -0.1) is 0 Å². The fourth-order valence-corrected chi connectivity index (χ4v) is 18.6. The predicted octanol–water partition coefficient (Wildman–Crippen LogP) is 6.75. The molecule has 0 radical (unpaired) electrons. The molecule has 1 amide bonds. The van der Waals surface area contributed by atoms with E-state index in [-0.39, 0.29) is 50.3 Å². The molecular formula is C62H97N2O12P. The van der Waals surface area contributed by atoms with E-state index >= 15 is 0 Å². The molecule has 5 N–H and O–H groups in total. The molecule has 1 unspecified atom stereocenters. The topological polar surface area (TPSA) is 188 Å². The van der Waals surface area contributed by atoms with Crippen LogP contribution in [0.25, 0.3) is 0 Å². The maximum absolute atomic E-state index is 14.8. The summed E-state index contributed by atoms with van der Waals surface area (Å²) in [5, 5.41) is 65.2. The summed E-state index contributed by atoms with van der Waals surface area (Å²) in [7, 11) is 2.89. The summed E-state index contributed by atoms with van der Waals surface area (Å²) in [6.07, 6.45) is -3.38. The zero-order valence-corrected chi connectivity index (χ0v) is 49.6. The van der Waals surface area contributed by atoms with Gasteiger partial charge in [-0.05, 0) is 60.5 Å². The van der Waals surface area contributed by atoms with Crippen LogP contribution in [0.1, 0.15) is 127 Å². The summed E-state index contributed by atoms with van der Waals surface area (Å²) in [6.45, 7) is 17.8. The maximum atomic E-state index is 14.8. The molecule has 3 saturated heterocycles. The second-order valence-electron chi connectivity index (χ2n) is 24.3. The van der Waals surface area contributed by atoms with Gasteiger partial charge in [-0.25, -0.2) is 0 Å². The van der Waals surface area contributed by atoms with Crippen molar-refractivity contribution < 1.29 is 58.8 Å². The molecule has 0 aromatic heterocycles. The Kier molecular flexibility index (Phi) is 22.0. The van der Waals surface area contributed by atoms with Gasteiger partial charge in [-0.3, -0.25) is 4.79 Å². The number of benzene rings is 3. The van der Waals surface area contributed by atoms with Crippen LogP contribution in [0, 0.1) is 23.7 Å². The Morgan fingerprint density at radius 1 is 0.779 bits per heavy atom. The van der Waals surface area contributed by atoms with Crippen molar-refractivity contribution in [3.63, 3.8) is 0 Å². The summed E-state index contributed by atoms with van der Waals surface area (Å²) in [5.74, 6) is -3.70. The number of cyclic esters (lactones) is 1. The third-order valence-electron chi connectivity index (χ3n) is 18.1. The van der Waals surface area contributed by atoms with E-state index in [0.717, 1.165) is 25.4 Å². The van der Waals surface area contributed by atoms with Crippen molar-refractivity contribution in [1.29, 1.82) is 0 Å². The van der Waals surface area contributed by atoms with Crippen LogP contribution in [0.15, 0.2) is 91.0 Å². The first-order chi connectivity index (χ1) is 36.3. The molecule has 0 bridgehead atoms. The number of hydrogen-bond acceptors (Lipinski definition) is 13. The molecule has 15 heteroatoms. The third-order valence-corrected chi connectivity index (χ3v) is 23.1. The van der Waals surface area contributed by atoms with Gasteiger partial charge in [0.25, 0.3) is 0 Å². The summed E-state index contributed by atoms with van der Waals surface area (Å²) >= 11 is 0. The second kappa shape index (κ2) is 26.9. The number of likely N-dealkylation sites (N-methyl/N-ethyl adjacent to an activating group) is 1. The minimum atomic E-state index is -2.43. The number of unbranched alkanes of at least 4 members (excludes halogenated alkanes) is 3. The van der Waals surface area contributed by atoms with Gasteiger partial charge < -0.3 is 43.9 Å². The van der Waals surface area contributed by atoms with E-state index in [1.165, 1.54) is 29.9 Å².